The van der Waals surface area contributed by atoms with Crippen LogP contribution in [0, 0.1) is 17.1 Å². The third kappa shape index (κ3) is 2.30. The maximum Gasteiger partial charge on any atom is 0.349 e. The predicted octanol–water partition coefficient (Wildman–Crippen LogP) is 1.73. The fraction of sp³-hybridized carbons (Fsp3) is 0.0833. The van der Waals surface area contributed by atoms with Gasteiger partial charge in [0.15, 0.2) is 5.57 Å². The minimum atomic E-state index is -1.44. The van der Waals surface area contributed by atoms with Crippen LogP contribution in [0.1, 0.15) is 0 Å². The van der Waals surface area contributed by atoms with Crippen LogP contribution >= 0.6 is 11.8 Å². The highest BCUT2D eigenvalue weighted by atomic mass is 32.2. The maximum absolute atomic E-state index is 13.7. The summed E-state index contributed by atoms with van der Waals surface area (Å²) in [6, 6.07) is 7.03. The standard InChI is InChI=1S/C12H7FN2O3S/c13-8-3-1-2-4-9(8)15-10(16)6-19-11(15)7(5-14)12(17)18/h1-4H,6H2,(H,17,18)/b11-7-. The van der Waals surface area contributed by atoms with E-state index in [0.29, 0.717) is 0 Å². The van der Waals surface area contributed by atoms with Crippen molar-refractivity contribution in [1.29, 1.82) is 5.26 Å². The van der Waals surface area contributed by atoms with Crippen molar-refractivity contribution in [1.82, 2.24) is 0 Å². The number of thioether (sulfide) groups is 1. The van der Waals surface area contributed by atoms with E-state index in [-0.39, 0.29) is 16.5 Å². The molecule has 1 amide bonds. The van der Waals surface area contributed by atoms with Gasteiger partial charge in [-0.25, -0.2) is 9.18 Å². The maximum atomic E-state index is 13.7. The highest BCUT2D eigenvalue weighted by Crippen LogP contribution is 2.37. The molecule has 1 saturated heterocycles. The van der Waals surface area contributed by atoms with Crippen LogP contribution in [0.5, 0.6) is 0 Å². The van der Waals surface area contributed by atoms with Gasteiger partial charge in [-0.05, 0) is 12.1 Å². The molecule has 1 aromatic carbocycles. The first-order valence-electron chi connectivity index (χ1n) is 5.14. The molecule has 1 aliphatic heterocycles. The highest BCUT2D eigenvalue weighted by molar-refractivity contribution is 8.04. The summed E-state index contributed by atoms with van der Waals surface area (Å²) in [5.74, 6) is -2.58. The van der Waals surface area contributed by atoms with E-state index in [1.807, 2.05) is 0 Å². The quantitative estimate of drug-likeness (QED) is 0.658. The first-order chi connectivity index (χ1) is 9.06. The third-order valence-electron chi connectivity index (χ3n) is 2.42. The topological polar surface area (TPSA) is 81.4 Å². The number of anilines is 1. The van der Waals surface area contributed by atoms with E-state index in [2.05, 4.69) is 0 Å². The van der Waals surface area contributed by atoms with E-state index < -0.39 is 23.3 Å². The number of hydrogen-bond acceptors (Lipinski definition) is 4. The van der Waals surface area contributed by atoms with Crippen LogP contribution in [-0.4, -0.2) is 22.7 Å². The lowest BCUT2D eigenvalue weighted by Gasteiger charge is -2.18. The number of carbonyl (C=O) groups excluding carboxylic acids is 1. The second-order valence-electron chi connectivity index (χ2n) is 3.57. The second kappa shape index (κ2) is 5.12. The average molecular weight is 278 g/mol. The van der Waals surface area contributed by atoms with Crippen molar-refractivity contribution in [2.24, 2.45) is 0 Å². The molecule has 19 heavy (non-hydrogen) atoms. The summed E-state index contributed by atoms with van der Waals surface area (Å²) in [4.78, 5) is 23.7. The second-order valence-corrected chi connectivity index (χ2v) is 4.53. The summed E-state index contributed by atoms with van der Waals surface area (Å²) in [6.07, 6.45) is 0. The summed E-state index contributed by atoms with van der Waals surface area (Å²) in [5.41, 5.74) is -0.624. The Bertz CT molecular complexity index is 636. The van der Waals surface area contributed by atoms with Gasteiger partial charge < -0.3 is 5.11 Å². The molecule has 0 atom stereocenters. The number of amides is 1. The van der Waals surface area contributed by atoms with Crippen molar-refractivity contribution in [2.75, 3.05) is 10.7 Å². The molecule has 1 aromatic rings. The van der Waals surface area contributed by atoms with Crippen LogP contribution in [0.3, 0.4) is 0 Å². The van der Waals surface area contributed by atoms with Crippen molar-refractivity contribution in [3.05, 3.63) is 40.7 Å². The van der Waals surface area contributed by atoms with Crippen LogP contribution in [0.25, 0.3) is 0 Å². The molecule has 0 radical (unpaired) electrons. The Kier molecular flexibility index (Phi) is 3.53. The zero-order chi connectivity index (χ0) is 14.0. The fourth-order valence-corrected chi connectivity index (χ4v) is 2.62. The van der Waals surface area contributed by atoms with E-state index in [9.17, 15) is 14.0 Å². The lowest BCUT2D eigenvalue weighted by atomic mass is 10.2. The smallest absolute Gasteiger partial charge is 0.349 e. The molecule has 0 saturated carbocycles. The van der Waals surface area contributed by atoms with Gasteiger partial charge in [-0.2, -0.15) is 5.26 Å². The number of benzene rings is 1. The molecule has 5 nitrogen and oxygen atoms in total. The van der Waals surface area contributed by atoms with Crippen molar-refractivity contribution in [3.63, 3.8) is 0 Å². The summed E-state index contributed by atoms with van der Waals surface area (Å²) in [5, 5.41) is 17.7. The molecule has 1 aliphatic rings. The van der Waals surface area contributed by atoms with Gasteiger partial charge in [-0.3, -0.25) is 9.69 Å². The Balaban J connectivity index is 2.60. The first kappa shape index (κ1) is 13.1. The molecular weight excluding hydrogens is 271 g/mol. The van der Waals surface area contributed by atoms with Gasteiger partial charge in [0.05, 0.1) is 11.4 Å². The number of halogens is 1. The van der Waals surface area contributed by atoms with E-state index in [1.54, 1.807) is 0 Å². The summed E-state index contributed by atoms with van der Waals surface area (Å²) >= 11 is 0.909. The van der Waals surface area contributed by atoms with Crippen molar-refractivity contribution in [3.8, 4) is 6.07 Å². The number of hydrogen-bond donors (Lipinski definition) is 1. The highest BCUT2D eigenvalue weighted by Gasteiger charge is 2.34. The molecule has 2 rings (SSSR count). The zero-order valence-electron chi connectivity index (χ0n) is 9.46. The van der Waals surface area contributed by atoms with Gasteiger partial charge in [0, 0.05) is 0 Å². The Morgan fingerprint density at radius 1 is 1.47 bits per heavy atom. The van der Waals surface area contributed by atoms with Crippen molar-refractivity contribution < 1.29 is 19.1 Å². The van der Waals surface area contributed by atoms with Gasteiger partial charge in [0.2, 0.25) is 5.91 Å². The van der Waals surface area contributed by atoms with Gasteiger partial charge in [0.25, 0.3) is 0 Å². The fourth-order valence-electron chi connectivity index (χ4n) is 1.62. The monoisotopic (exact) mass is 278 g/mol. The molecule has 0 bridgehead atoms. The number of carbonyl (C=O) groups is 2. The molecule has 0 spiro atoms. The lowest BCUT2D eigenvalue weighted by molar-refractivity contribution is -0.132. The predicted molar refractivity (Wildman–Crippen MR) is 66.6 cm³/mol. The molecule has 1 heterocycles. The number of aliphatic carboxylic acids is 1. The number of rotatable bonds is 2. The third-order valence-corrected chi connectivity index (χ3v) is 3.47. The first-order valence-corrected chi connectivity index (χ1v) is 6.12. The number of carboxylic acids is 1. The van der Waals surface area contributed by atoms with Crippen LogP contribution in [0.2, 0.25) is 0 Å². The largest absolute Gasteiger partial charge is 0.477 e. The Morgan fingerprint density at radius 3 is 2.74 bits per heavy atom. The summed E-state index contributed by atoms with van der Waals surface area (Å²) in [6.45, 7) is 0. The number of nitrogens with zero attached hydrogens (tertiary/aromatic N) is 2. The van der Waals surface area contributed by atoms with E-state index in [4.69, 9.17) is 10.4 Å². The van der Waals surface area contributed by atoms with Crippen LogP contribution in [-0.2, 0) is 9.59 Å². The van der Waals surface area contributed by atoms with Crippen LogP contribution < -0.4 is 4.90 Å². The van der Waals surface area contributed by atoms with Gasteiger partial charge in [-0.1, -0.05) is 23.9 Å². The number of nitriles is 1. The van der Waals surface area contributed by atoms with Crippen molar-refractivity contribution in [2.45, 2.75) is 0 Å². The Morgan fingerprint density at radius 2 is 2.16 bits per heavy atom. The normalized spacial score (nSPS) is 17.3. The van der Waals surface area contributed by atoms with E-state index in [0.717, 1.165) is 22.7 Å². The lowest BCUT2D eigenvalue weighted by Crippen LogP contribution is -2.26. The SMILES string of the molecule is N#C/C(C(=O)O)=C1/SCC(=O)N1c1ccccc1F. The summed E-state index contributed by atoms with van der Waals surface area (Å²) < 4.78 is 13.7. The summed E-state index contributed by atoms with van der Waals surface area (Å²) in [7, 11) is 0. The van der Waals surface area contributed by atoms with Gasteiger partial charge in [0.1, 0.15) is 16.9 Å². The average Bonchev–Trinajstić information content (AvgIpc) is 2.73. The van der Waals surface area contributed by atoms with E-state index in [1.165, 1.54) is 24.3 Å². The molecule has 1 N–H and O–H groups in total. The minimum Gasteiger partial charge on any atom is -0.477 e. The molecule has 0 aromatic heterocycles. The van der Waals surface area contributed by atoms with Crippen LogP contribution in [0.15, 0.2) is 34.9 Å². The number of carboxylic acid groups (broad SMARTS) is 1. The Hall–Kier alpha value is -2.33. The molecule has 1 fully saturated rings. The Labute approximate surface area is 111 Å². The number of para-hydroxylation sites is 1. The van der Waals surface area contributed by atoms with Gasteiger partial charge in [-0.15, -0.1) is 0 Å². The minimum absolute atomic E-state index is 0.0257. The molecular formula is C12H7FN2O3S. The van der Waals surface area contributed by atoms with E-state index >= 15 is 0 Å². The van der Waals surface area contributed by atoms with Crippen molar-refractivity contribution >= 4 is 29.3 Å². The zero-order valence-corrected chi connectivity index (χ0v) is 10.3. The molecule has 96 valence electrons. The molecule has 0 aliphatic carbocycles. The van der Waals surface area contributed by atoms with Gasteiger partial charge >= 0.3 is 5.97 Å². The molecule has 0 unspecified atom stereocenters. The molecule has 7 heteroatoms. The van der Waals surface area contributed by atoms with Crippen LogP contribution in [0.4, 0.5) is 10.1 Å².